The molecule has 0 saturated carbocycles. The van der Waals surface area contributed by atoms with Crippen LogP contribution in [0.4, 0.5) is 0 Å². The normalized spacial score (nSPS) is 17.6. The molecule has 1 amide bonds. The van der Waals surface area contributed by atoms with Gasteiger partial charge in [0.1, 0.15) is 5.75 Å². The van der Waals surface area contributed by atoms with Crippen molar-refractivity contribution in [3.05, 3.63) is 29.8 Å². The van der Waals surface area contributed by atoms with Gasteiger partial charge in [-0.25, -0.2) is 0 Å². The summed E-state index contributed by atoms with van der Waals surface area (Å²) in [6.07, 6.45) is 6.45. The van der Waals surface area contributed by atoms with Gasteiger partial charge in [-0.2, -0.15) is 0 Å². The maximum Gasteiger partial charge on any atom is 0.255 e. The second-order valence-corrected chi connectivity index (χ2v) is 9.98. The monoisotopic (exact) mass is 382 g/mol. The van der Waals surface area contributed by atoms with Gasteiger partial charge in [-0.05, 0) is 51.8 Å². The number of phenolic OH excluding ortho intramolecular Hbond substituents is 1. The van der Waals surface area contributed by atoms with Crippen LogP contribution in [-0.4, -0.2) is 40.6 Å². The maximum absolute atomic E-state index is 12.2. The number of benzene rings is 1. The smallest absolute Gasteiger partial charge is 0.255 e. The largest absolute Gasteiger partial charge is 0.507 e. The highest BCUT2D eigenvalue weighted by Gasteiger charge is 2.19. The van der Waals surface area contributed by atoms with E-state index in [2.05, 4.69) is 35.3 Å². The van der Waals surface area contributed by atoms with Gasteiger partial charge in [0, 0.05) is 23.1 Å². The molecule has 1 aromatic carbocycles. The summed E-state index contributed by atoms with van der Waals surface area (Å²) < 4.78 is 0. The lowest BCUT2D eigenvalue weighted by Gasteiger charge is -2.27. The van der Waals surface area contributed by atoms with E-state index < -0.39 is 0 Å². The van der Waals surface area contributed by atoms with Crippen LogP contribution >= 0.6 is 21.6 Å². The van der Waals surface area contributed by atoms with Crippen LogP contribution in [0.3, 0.4) is 0 Å². The number of nitrogens with one attached hydrogen (secondary N) is 2. The Bertz CT molecular complexity index is 546. The zero-order chi connectivity index (χ0) is 18.1. The molecule has 1 aliphatic rings. The lowest BCUT2D eigenvalue weighted by atomic mass is 10.0. The van der Waals surface area contributed by atoms with Crippen molar-refractivity contribution in [2.24, 2.45) is 0 Å². The van der Waals surface area contributed by atoms with Gasteiger partial charge in [0.25, 0.3) is 5.91 Å². The SMILES string of the molecule is CC(C)(CNC(=O)c1ccccc1O)NCCCCCC1CCSS1. The summed E-state index contributed by atoms with van der Waals surface area (Å²) in [5.41, 5.74) is 0.152. The number of aromatic hydroxyl groups is 1. The van der Waals surface area contributed by atoms with Crippen molar-refractivity contribution in [3.63, 3.8) is 0 Å². The van der Waals surface area contributed by atoms with Crippen molar-refractivity contribution in [2.75, 3.05) is 18.8 Å². The Morgan fingerprint density at radius 2 is 2.08 bits per heavy atom. The molecule has 1 aliphatic heterocycles. The third-order valence-electron chi connectivity index (χ3n) is 4.37. The summed E-state index contributed by atoms with van der Waals surface area (Å²) in [5.74, 6) is 1.10. The molecular weight excluding hydrogens is 352 g/mol. The summed E-state index contributed by atoms with van der Waals surface area (Å²) >= 11 is 0. The Hall–Kier alpha value is -0.850. The lowest BCUT2D eigenvalue weighted by Crippen LogP contribution is -2.49. The van der Waals surface area contributed by atoms with Crippen LogP contribution in [0.5, 0.6) is 5.75 Å². The van der Waals surface area contributed by atoms with E-state index in [9.17, 15) is 9.90 Å². The van der Waals surface area contributed by atoms with Crippen LogP contribution in [0.15, 0.2) is 24.3 Å². The van der Waals surface area contributed by atoms with Crippen molar-refractivity contribution in [1.82, 2.24) is 10.6 Å². The van der Waals surface area contributed by atoms with Gasteiger partial charge < -0.3 is 15.7 Å². The zero-order valence-corrected chi connectivity index (χ0v) is 16.8. The molecule has 1 aromatic rings. The van der Waals surface area contributed by atoms with Gasteiger partial charge in [0.15, 0.2) is 0 Å². The predicted octanol–water partition coefficient (Wildman–Crippen LogP) is 4.20. The Kier molecular flexibility index (Phi) is 8.46. The van der Waals surface area contributed by atoms with Gasteiger partial charge in [0.05, 0.1) is 5.56 Å². The van der Waals surface area contributed by atoms with Gasteiger partial charge in [-0.15, -0.1) is 0 Å². The van der Waals surface area contributed by atoms with Crippen LogP contribution in [0.2, 0.25) is 0 Å². The van der Waals surface area contributed by atoms with Crippen LogP contribution in [0.25, 0.3) is 0 Å². The highest BCUT2D eigenvalue weighted by Crippen LogP contribution is 2.39. The molecular formula is C19H30N2O2S2. The van der Waals surface area contributed by atoms with E-state index in [0.29, 0.717) is 12.1 Å². The molecule has 1 atom stereocenters. The van der Waals surface area contributed by atoms with Gasteiger partial charge in [-0.1, -0.05) is 46.6 Å². The van der Waals surface area contributed by atoms with E-state index in [0.717, 1.165) is 11.8 Å². The molecule has 3 N–H and O–H groups in total. The Morgan fingerprint density at radius 3 is 2.80 bits per heavy atom. The number of para-hydroxylation sites is 1. The molecule has 4 nitrogen and oxygen atoms in total. The molecule has 0 aromatic heterocycles. The van der Waals surface area contributed by atoms with Crippen molar-refractivity contribution < 1.29 is 9.90 Å². The number of carbonyl (C=O) groups is 1. The van der Waals surface area contributed by atoms with E-state index >= 15 is 0 Å². The third kappa shape index (κ3) is 7.50. The molecule has 0 radical (unpaired) electrons. The molecule has 1 saturated heterocycles. The fraction of sp³-hybridized carbons (Fsp3) is 0.632. The Balaban J connectivity index is 1.59. The minimum Gasteiger partial charge on any atom is -0.507 e. The fourth-order valence-corrected chi connectivity index (χ4v) is 5.82. The minimum absolute atomic E-state index is 0.0181. The summed E-state index contributed by atoms with van der Waals surface area (Å²) in [4.78, 5) is 12.2. The number of hydrogen-bond acceptors (Lipinski definition) is 5. The van der Waals surface area contributed by atoms with E-state index in [1.165, 1.54) is 43.9 Å². The summed E-state index contributed by atoms with van der Waals surface area (Å²) in [6.45, 7) is 5.66. The highest BCUT2D eigenvalue weighted by molar-refractivity contribution is 8.77. The number of rotatable bonds is 10. The number of amides is 1. The molecule has 25 heavy (non-hydrogen) atoms. The summed E-state index contributed by atoms with van der Waals surface area (Å²) in [7, 11) is 4.08. The van der Waals surface area contributed by atoms with Crippen LogP contribution in [-0.2, 0) is 0 Å². The summed E-state index contributed by atoms with van der Waals surface area (Å²) in [5, 5.41) is 17.0. The molecule has 6 heteroatoms. The second kappa shape index (κ2) is 10.3. The molecule has 140 valence electrons. The van der Waals surface area contributed by atoms with Crippen molar-refractivity contribution in [3.8, 4) is 5.75 Å². The number of phenols is 1. The highest BCUT2D eigenvalue weighted by atomic mass is 33.1. The standard InChI is InChI=1S/C19H30N2O2S2/c1-19(2,14-20-18(23)16-9-5-6-10-17(16)22)21-12-7-3-4-8-15-11-13-24-25-15/h5-6,9-10,15,21-22H,3-4,7-8,11-14H2,1-2H3,(H,20,23). The van der Waals surface area contributed by atoms with Gasteiger partial charge in [-0.3, -0.25) is 4.79 Å². The first-order chi connectivity index (χ1) is 12.0. The Labute approximate surface area is 159 Å². The summed E-state index contributed by atoms with van der Waals surface area (Å²) in [6, 6.07) is 6.62. The quantitative estimate of drug-likeness (QED) is 0.418. The average Bonchev–Trinajstić information content (AvgIpc) is 3.10. The minimum atomic E-state index is -0.236. The Morgan fingerprint density at radius 1 is 1.28 bits per heavy atom. The first-order valence-corrected chi connectivity index (χ1v) is 11.5. The molecule has 0 aliphatic carbocycles. The number of unbranched alkanes of at least 4 members (excludes halogenated alkanes) is 2. The first kappa shape index (κ1) is 20.5. The van der Waals surface area contributed by atoms with Gasteiger partial charge >= 0.3 is 0 Å². The zero-order valence-electron chi connectivity index (χ0n) is 15.2. The van der Waals surface area contributed by atoms with E-state index in [1.807, 2.05) is 10.8 Å². The predicted molar refractivity (Wildman–Crippen MR) is 109 cm³/mol. The molecule has 1 unspecified atom stereocenters. The second-order valence-electron chi connectivity index (χ2n) is 7.19. The maximum atomic E-state index is 12.2. The lowest BCUT2D eigenvalue weighted by molar-refractivity contribution is 0.0939. The molecule has 0 spiro atoms. The van der Waals surface area contributed by atoms with Gasteiger partial charge in [0.2, 0.25) is 0 Å². The van der Waals surface area contributed by atoms with Crippen molar-refractivity contribution >= 4 is 27.5 Å². The fourth-order valence-electron chi connectivity index (χ4n) is 2.79. The third-order valence-corrected chi connectivity index (χ3v) is 7.38. The van der Waals surface area contributed by atoms with Crippen LogP contribution < -0.4 is 10.6 Å². The first-order valence-electron chi connectivity index (χ1n) is 9.07. The van der Waals surface area contributed by atoms with Crippen molar-refractivity contribution in [1.29, 1.82) is 0 Å². The van der Waals surface area contributed by atoms with Crippen LogP contribution in [0, 0.1) is 0 Å². The van der Waals surface area contributed by atoms with Crippen molar-refractivity contribution in [2.45, 2.75) is 56.7 Å². The van der Waals surface area contributed by atoms with E-state index in [1.54, 1.807) is 18.2 Å². The average molecular weight is 383 g/mol. The topological polar surface area (TPSA) is 61.4 Å². The molecule has 2 rings (SSSR count). The number of carbonyl (C=O) groups excluding carboxylic acids is 1. The van der Waals surface area contributed by atoms with E-state index in [4.69, 9.17) is 0 Å². The molecule has 0 bridgehead atoms. The van der Waals surface area contributed by atoms with Crippen LogP contribution in [0.1, 0.15) is 56.3 Å². The van der Waals surface area contributed by atoms with E-state index in [-0.39, 0.29) is 17.2 Å². The molecule has 1 heterocycles. The molecule has 1 fully saturated rings. The number of hydrogen-bond donors (Lipinski definition) is 3.